The van der Waals surface area contributed by atoms with Gasteiger partial charge in [0.25, 0.3) is 0 Å². The van der Waals surface area contributed by atoms with Gasteiger partial charge in [0, 0.05) is 37.8 Å². The molecule has 16 heavy (non-hydrogen) atoms. The Morgan fingerprint density at radius 1 is 1.38 bits per heavy atom. The van der Waals surface area contributed by atoms with Crippen molar-refractivity contribution in [2.24, 2.45) is 5.92 Å². The number of aromatic nitrogens is 2. The van der Waals surface area contributed by atoms with Crippen molar-refractivity contribution in [2.45, 2.75) is 32.1 Å². The first-order chi connectivity index (χ1) is 7.49. The van der Waals surface area contributed by atoms with Gasteiger partial charge in [0.1, 0.15) is 0 Å². The molecule has 0 bridgehead atoms. The van der Waals surface area contributed by atoms with Crippen LogP contribution in [-0.4, -0.2) is 29.4 Å². The molecule has 0 radical (unpaired) electrons. The molecular weight excluding hydrogens is 222 g/mol. The first-order valence-electron chi connectivity index (χ1n) is 5.62. The largest absolute Gasteiger partial charge is 0.347 e. The van der Waals surface area contributed by atoms with Crippen LogP contribution in [0.3, 0.4) is 0 Å². The molecule has 1 rings (SSSR count). The first-order valence-corrected chi connectivity index (χ1v) is 6.06. The normalized spacial score (nSPS) is 12.9. The second kappa shape index (κ2) is 6.04. The molecule has 4 heteroatoms. The molecule has 0 aromatic carbocycles. The Morgan fingerprint density at radius 3 is 2.62 bits per heavy atom. The molecule has 0 amide bonds. The number of hydrogen-bond acceptors (Lipinski definition) is 3. The van der Waals surface area contributed by atoms with Crippen LogP contribution >= 0.6 is 11.6 Å². The minimum Gasteiger partial charge on any atom is -0.347 e. The van der Waals surface area contributed by atoms with Crippen LogP contribution in [0.1, 0.15) is 26.0 Å². The lowest BCUT2D eigenvalue weighted by molar-refractivity contribution is 0.558. The molecule has 0 saturated carbocycles. The Kier molecular flexibility index (Phi) is 5.00. The topological polar surface area (TPSA) is 29.0 Å². The maximum absolute atomic E-state index is 6.27. The van der Waals surface area contributed by atoms with Gasteiger partial charge in [-0.2, -0.15) is 0 Å². The van der Waals surface area contributed by atoms with E-state index in [2.05, 4.69) is 23.8 Å². The number of rotatable bonds is 5. The van der Waals surface area contributed by atoms with Crippen molar-refractivity contribution in [2.75, 3.05) is 19.0 Å². The molecule has 1 unspecified atom stereocenters. The summed E-state index contributed by atoms with van der Waals surface area (Å²) in [5.74, 6) is 1.36. The lowest BCUT2D eigenvalue weighted by Crippen LogP contribution is -2.15. The molecule has 90 valence electrons. The van der Waals surface area contributed by atoms with Crippen LogP contribution in [-0.2, 0) is 6.42 Å². The Bertz CT molecular complexity index is 326. The molecule has 1 aromatic heterocycles. The molecule has 0 fully saturated rings. The molecule has 1 heterocycles. The van der Waals surface area contributed by atoms with Gasteiger partial charge in [-0.25, -0.2) is 9.97 Å². The highest BCUT2D eigenvalue weighted by Gasteiger charge is 2.10. The minimum atomic E-state index is 0.157. The fraction of sp³-hybridized carbons (Fsp3) is 0.667. The van der Waals surface area contributed by atoms with E-state index in [0.717, 1.165) is 24.5 Å². The van der Waals surface area contributed by atoms with E-state index in [-0.39, 0.29) is 5.38 Å². The number of halogens is 1. The van der Waals surface area contributed by atoms with Gasteiger partial charge in [-0.1, -0.05) is 13.8 Å². The lowest BCUT2D eigenvalue weighted by atomic mass is 10.0. The highest BCUT2D eigenvalue weighted by molar-refractivity contribution is 6.20. The van der Waals surface area contributed by atoms with Crippen LogP contribution in [0.5, 0.6) is 0 Å². The lowest BCUT2D eigenvalue weighted by Gasteiger charge is -2.13. The molecule has 0 spiro atoms. The van der Waals surface area contributed by atoms with Crippen LogP contribution in [0, 0.1) is 5.92 Å². The Morgan fingerprint density at radius 2 is 2.06 bits per heavy atom. The number of nitrogens with zero attached hydrogens (tertiary/aromatic N) is 3. The SMILES string of the molecule is CC(C)CC(Cl)Cc1ccnc(N(C)C)n1. The zero-order chi connectivity index (χ0) is 12.1. The first kappa shape index (κ1) is 13.2. The van der Waals surface area contributed by atoms with E-state index in [1.807, 2.05) is 25.1 Å². The van der Waals surface area contributed by atoms with Crippen molar-refractivity contribution in [3.63, 3.8) is 0 Å². The fourth-order valence-electron chi connectivity index (χ4n) is 1.54. The summed E-state index contributed by atoms with van der Waals surface area (Å²) in [6, 6.07) is 1.93. The van der Waals surface area contributed by atoms with E-state index < -0.39 is 0 Å². The predicted molar refractivity (Wildman–Crippen MR) is 69.2 cm³/mol. The van der Waals surface area contributed by atoms with Crippen LogP contribution < -0.4 is 4.90 Å². The molecular formula is C12H20ClN3. The van der Waals surface area contributed by atoms with Crippen LogP contribution in [0.4, 0.5) is 5.95 Å². The maximum Gasteiger partial charge on any atom is 0.224 e. The summed E-state index contributed by atoms with van der Waals surface area (Å²) in [6.07, 6.45) is 3.61. The second-order valence-corrected chi connectivity index (χ2v) is 5.29. The monoisotopic (exact) mass is 241 g/mol. The van der Waals surface area contributed by atoms with Crippen molar-refractivity contribution in [1.29, 1.82) is 0 Å². The van der Waals surface area contributed by atoms with E-state index in [1.165, 1.54) is 0 Å². The van der Waals surface area contributed by atoms with Crippen molar-refractivity contribution in [3.8, 4) is 0 Å². The summed E-state index contributed by atoms with van der Waals surface area (Å²) < 4.78 is 0. The number of hydrogen-bond donors (Lipinski definition) is 0. The molecule has 1 atom stereocenters. The van der Waals surface area contributed by atoms with E-state index in [4.69, 9.17) is 11.6 Å². The van der Waals surface area contributed by atoms with Crippen LogP contribution in [0.25, 0.3) is 0 Å². The van der Waals surface area contributed by atoms with Crippen molar-refractivity contribution in [3.05, 3.63) is 18.0 Å². The highest BCUT2D eigenvalue weighted by Crippen LogP contribution is 2.15. The van der Waals surface area contributed by atoms with Gasteiger partial charge in [-0.05, 0) is 18.4 Å². The molecule has 0 aliphatic carbocycles. The zero-order valence-electron chi connectivity index (χ0n) is 10.4. The Labute approximate surface area is 103 Å². The summed E-state index contributed by atoms with van der Waals surface area (Å²) in [5, 5.41) is 0.157. The van der Waals surface area contributed by atoms with Gasteiger partial charge in [-0.3, -0.25) is 0 Å². The molecule has 0 N–H and O–H groups in total. The number of anilines is 1. The average Bonchev–Trinajstić information content (AvgIpc) is 2.16. The van der Waals surface area contributed by atoms with Crippen LogP contribution in [0.2, 0.25) is 0 Å². The Balaban J connectivity index is 2.63. The van der Waals surface area contributed by atoms with Gasteiger partial charge < -0.3 is 4.90 Å². The number of alkyl halides is 1. The third kappa shape index (κ3) is 4.35. The smallest absolute Gasteiger partial charge is 0.224 e. The van der Waals surface area contributed by atoms with Crippen molar-refractivity contribution in [1.82, 2.24) is 9.97 Å². The minimum absolute atomic E-state index is 0.157. The highest BCUT2D eigenvalue weighted by atomic mass is 35.5. The zero-order valence-corrected chi connectivity index (χ0v) is 11.2. The molecule has 0 saturated heterocycles. The van der Waals surface area contributed by atoms with Gasteiger partial charge in [0.2, 0.25) is 5.95 Å². The molecule has 0 aliphatic rings. The Hall–Kier alpha value is -0.830. The van der Waals surface area contributed by atoms with Gasteiger partial charge in [0.15, 0.2) is 0 Å². The van der Waals surface area contributed by atoms with Crippen molar-refractivity contribution >= 4 is 17.5 Å². The van der Waals surface area contributed by atoms with Crippen LogP contribution in [0.15, 0.2) is 12.3 Å². The van der Waals surface area contributed by atoms with Gasteiger partial charge >= 0.3 is 0 Å². The van der Waals surface area contributed by atoms with Crippen molar-refractivity contribution < 1.29 is 0 Å². The summed E-state index contributed by atoms with van der Waals surface area (Å²) in [5.41, 5.74) is 1.01. The van der Waals surface area contributed by atoms with Gasteiger partial charge in [-0.15, -0.1) is 11.6 Å². The third-order valence-electron chi connectivity index (χ3n) is 2.26. The quantitative estimate of drug-likeness (QED) is 0.743. The molecule has 0 aliphatic heterocycles. The standard InChI is InChI=1S/C12H20ClN3/c1-9(2)7-10(13)8-11-5-6-14-12(15-11)16(3)4/h5-6,9-10H,7-8H2,1-4H3. The second-order valence-electron chi connectivity index (χ2n) is 4.67. The maximum atomic E-state index is 6.27. The van der Waals surface area contributed by atoms with E-state index in [0.29, 0.717) is 5.92 Å². The fourth-order valence-corrected chi connectivity index (χ4v) is 2.05. The van der Waals surface area contributed by atoms with Gasteiger partial charge in [0.05, 0.1) is 0 Å². The average molecular weight is 242 g/mol. The summed E-state index contributed by atoms with van der Waals surface area (Å²) in [7, 11) is 3.87. The summed E-state index contributed by atoms with van der Waals surface area (Å²) in [6.45, 7) is 4.36. The molecule has 1 aromatic rings. The third-order valence-corrected chi connectivity index (χ3v) is 2.59. The van der Waals surface area contributed by atoms with E-state index in [9.17, 15) is 0 Å². The predicted octanol–water partition coefficient (Wildman–Crippen LogP) is 2.74. The summed E-state index contributed by atoms with van der Waals surface area (Å²) in [4.78, 5) is 10.5. The van der Waals surface area contributed by atoms with E-state index >= 15 is 0 Å². The molecule has 3 nitrogen and oxygen atoms in total. The summed E-state index contributed by atoms with van der Waals surface area (Å²) >= 11 is 6.27. The van der Waals surface area contributed by atoms with E-state index in [1.54, 1.807) is 6.20 Å².